The number of hydrogen-bond donors (Lipinski definition) is 1. The third-order valence-electron chi connectivity index (χ3n) is 5.02. The maximum Gasteiger partial charge on any atom is 0.328 e. The Labute approximate surface area is 163 Å². The smallest absolute Gasteiger partial charge is 0.328 e. The Kier molecular flexibility index (Phi) is 4.53. The van der Waals surface area contributed by atoms with Gasteiger partial charge in [0.05, 0.1) is 6.54 Å². The summed E-state index contributed by atoms with van der Waals surface area (Å²) < 4.78 is 0. The summed E-state index contributed by atoms with van der Waals surface area (Å²) >= 11 is 5.47. The molecule has 4 rings (SSSR count). The molecule has 2 heterocycles. The van der Waals surface area contributed by atoms with Gasteiger partial charge in [0.15, 0.2) is 11.2 Å². The summed E-state index contributed by atoms with van der Waals surface area (Å²) in [6, 6.07) is 18.5. The predicted molar refractivity (Wildman–Crippen MR) is 105 cm³/mol. The van der Waals surface area contributed by atoms with Crippen molar-refractivity contribution in [2.24, 2.45) is 0 Å². The molecule has 2 aromatic rings. The Morgan fingerprint density at radius 2 is 1.48 bits per heavy atom. The van der Waals surface area contributed by atoms with Crippen LogP contribution in [0.25, 0.3) is 0 Å². The minimum Gasteiger partial charge on any atom is -0.340 e. The van der Waals surface area contributed by atoms with Crippen LogP contribution in [-0.4, -0.2) is 51.0 Å². The molecular formula is C20H20N4O2S. The number of thiocarbonyl (C=S) groups is 1. The average molecular weight is 380 g/mol. The molecule has 2 saturated heterocycles. The zero-order valence-corrected chi connectivity index (χ0v) is 15.7. The van der Waals surface area contributed by atoms with Crippen LogP contribution in [0.4, 0.5) is 4.79 Å². The molecule has 0 aliphatic carbocycles. The van der Waals surface area contributed by atoms with Gasteiger partial charge in [-0.2, -0.15) is 0 Å². The van der Waals surface area contributed by atoms with E-state index in [1.54, 1.807) is 11.9 Å². The summed E-state index contributed by atoms with van der Waals surface area (Å²) in [7, 11) is 1.70. The highest BCUT2D eigenvalue weighted by atomic mass is 32.1. The van der Waals surface area contributed by atoms with Gasteiger partial charge in [0, 0.05) is 13.6 Å². The molecule has 0 saturated carbocycles. The van der Waals surface area contributed by atoms with Gasteiger partial charge < -0.3 is 15.1 Å². The third-order valence-corrected chi connectivity index (χ3v) is 5.37. The monoisotopic (exact) mass is 380 g/mol. The fraction of sp³-hybridized carbons (Fsp3) is 0.250. The highest BCUT2D eigenvalue weighted by Gasteiger charge is 2.52. The number of nitrogens with zero attached hydrogens (tertiary/aromatic N) is 3. The van der Waals surface area contributed by atoms with Gasteiger partial charge in [-0.25, -0.2) is 4.79 Å². The first-order valence-corrected chi connectivity index (χ1v) is 9.20. The van der Waals surface area contributed by atoms with Gasteiger partial charge in [0.1, 0.15) is 6.17 Å². The summed E-state index contributed by atoms with van der Waals surface area (Å²) in [6.07, 6.45) is -0.451. The number of hydrogen-bond acceptors (Lipinski definition) is 3. The van der Waals surface area contributed by atoms with Gasteiger partial charge >= 0.3 is 6.03 Å². The first kappa shape index (κ1) is 17.5. The molecule has 2 aliphatic heterocycles. The summed E-state index contributed by atoms with van der Waals surface area (Å²) in [5.41, 5.74) is 1.97. The van der Waals surface area contributed by atoms with E-state index in [9.17, 15) is 9.59 Å². The number of urea groups is 1. The molecule has 2 aromatic carbocycles. The summed E-state index contributed by atoms with van der Waals surface area (Å²) in [5, 5.41) is 3.63. The molecule has 2 fully saturated rings. The number of likely N-dealkylation sites (N-methyl/N-ethyl adjacent to an activating group) is 1. The van der Waals surface area contributed by atoms with E-state index in [2.05, 4.69) is 5.32 Å². The number of amides is 3. The van der Waals surface area contributed by atoms with E-state index >= 15 is 0 Å². The molecule has 3 amide bonds. The second-order valence-corrected chi connectivity index (χ2v) is 7.14. The zero-order valence-electron chi connectivity index (χ0n) is 14.9. The minimum absolute atomic E-state index is 0.227. The molecule has 0 spiro atoms. The van der Waals surface area contributed by atoms with Gasteiger partial charge in [0.25, 0.3) is 5.91 Å². The third kappa shape index (κ3) is 3.14. The van der Waals surface area contributed by atoms with Crippen molar-refractivity contribution in [1.82, 2.24) is 20.0 Å². The van der Waals surface area contributed by atoms with E-state index in [4.69, 9.17) is 12.2 Å². The molecule has 2 aliphatic rings. The van der Waals surface area contributed by atoms with Crippen LogP contribution in [0, 0.1) is 0 Å². The molecule has 0 radical (unpaired) electrons. The Hall–Kier alpha value is -2.93. The highest BCUT2D eigenvalue weighted by Crippen LogP contribution is 2.27. The number of rotatable bonds is 4. The molecule has 138 valence electrons. The number of nitrogens with one attached hydrogen (secondary N) is 1. The van der Waals surface area contributed by atoms with Crippen LogP contribution in [0.1, 0.15) is 11.1 Å². The summed E-state index contributed by atoms with van der Waals surface area (Å²) in [4.78, 5) is 30.8. The van der Waals surface area contributed by atoms with Crippen molar-refractivity contribution in [2.45, 2.75) is 25.3 Å². The van der Waals surface area contributed by atoms with Crippen molar-refractivity contribution in [3.05, 3.63) is 71.8 Å². The van der Waals surface area contributed by atoms with Crippen LogP contribution < -0.4 is 5.32 Å². The van der Waals surface area contributed by atoms with Crippen LogP contribution in [-0.2, 0) is 17.9 Å². The normalized spacial score (nSPS) is 22.1. The zero-order chi connectivity index (χ0) is 19.0. The number of imide groups is 1. The molecule has 6 nitrogen and oxygen atoms in total. The second-order valence-electron chi connectivity index (χ2n) is 6.76. The first-order valence-electron chi connectivity index (χ1n) is 8.79. The van der Waals surface area contributed by atoms with Crippen molar-refractivity contribution in [3.8, 4) is 0 Å². The predicted octanol–water partition coefficient (Wildman–Crippen LogP) is 2.17. The van der Waals surface area contributed by atoms with Crippen LogP contribution >= 0.6 is 12.2 Å². The minimum atomic E-state index is -0.538. The standard InChI is InChI=1S/C20H20N4O2S/c1-22-17-16(23(19(27)21-17)12-14-8-4-2-5-9-14)18(25)24(20(22)26)13-15-10-6-3-7-11-15/h2-11,16-17H,12-13H2,1H3,(H,21,27). The van der Waals surface area contributed by atoms with Gasteiger partial charge in [0.2, 0.25) is 0 Å². The van der Waals surface area contributed by atoms with E-state index in [-0.39, 0.29) is 18.5 Å². The highest BCUT2D eigenvalue weighted by molar-refractivity contribution is 7.80. The lowest BCUT2D eigenvalue weighted by atomic mass is 10.1. The van der Waals surface area contributed by atoms with Gasteiger partial charge in [-0.3, -0.25) is 9.69 Å². The molecule has 0 bridgehead atoms. The van der Waals surface area contributed by atoms with Crippen molar-refractivity contribution in [2.75, 3.05) is 7.05 Å². The number of benzene rings is 2. The van der Waals surface area contributed by atoms with E-state index in [1.807, 2.05) is 65.6 Å². The lowest BCUT2D eigenvalue weighted by molar-refractivity contribution is -0.138. The number of fused-ring (bicyclic) bond motifs is 1. The van der Waals surface area contributed by atoms with Gasteiger partial charge in [-0.15, -0.1) is 0 Å². The van der Waals surface area contributed by atoms with E-state index in [1.165, 1.54) is 4.90 Å². The van der Waals surface area contributed by atoms with Crippen LogP contribution in [0.3, 0.4) is 0 Å². The molecule has 0 aromatic heterocycles. The van der Waals surface area contributed by atoms with E-state index in [0.717, 1.165) is 11.1 Å². The molecule has 7 heteroatoms. The fourth-order valence-corrected chi connectivity index (χ4v) is 3.89. The van der Waals surface area contributed by atoms with Crippen molar-refractivity contribution in [3.63, 3.8) is 0 Å². The van der Waals surface area contributed by atoms with E-state index < -0.39 is 12.2 Å². The largest absolute Gasteiger partial charge is 0.340 e. The van der Waals surface area contributed by atoms with E-state index in [0.29, 0.717) is 11.7 Å². The van der Waals surface area contributed by atoms with Crippen molar-refractivity contribution in [1.29, 1.82) is 0 Å². The Morgan fingerprint density at radius 3 is 2.07 bits per heavy atom. The number of carbonyl (C=O) groups excluding carboxylic acids is 2. The molecular weight excluding hydrogens is 360 g/mol. The Balaban J connectivity index is 1.62. The summed E-state index contributed by atoms with van der Waals surface area (Å²) in [6.45, 7) is 0.763. The topological polar surface area (TPSA) is 55.9 Å². The lowest BCUT2D eigenvalue weighted by Crippen LogP contribution is -2.65. The number of carbonyl (C=O) groups is 2. The fourth-order valence-electron chi connectivity index (χ4n) is 3.59. The molecule has 2 atom stereocenters. The van der Waals surface area contributed by atoms with Crippen molar-refractivity contribution >= 4 is 29.3 Å². The van der Waals surface area contributed by atoms with Gasteiger partial charge in [-0.1, -0.05) is 60.7 Å². The molecule has 1 N–H and O–H groups in total. The van der Waals surface area contributed by atoms with Crippen LogP contribution in [0.5, 0.6) is 0 Å². The SMILES string of the molecule is CN1C(=O)N(Cc2ccccc2)C(=O)C2C1NC(=S)N2Cc1ccccc1. The summed E-state index contributed by atoms with van der Waals surface area (Å²) in [5.74, 6) is -0.227. The van der Waals surface area contributed by atoms with Crippen LogP contribution in [0.2, 0.25) is 0 Å². The lowest BCUT2D eigenvalue weighted by Gasteiger charge is -2.41. The Morgan fingerprint density at radius 1 is 0.926 bits per heavy atom. The van der Waals surface area contributed by atoms with Crippen molar-refractivity contribution < 1.29 is 9.59 Å². The second kappa shape index (κ2) is 7.00. The maximum absolute atomic E-state index is 13.3. The quantitative estimate of drug-likeness (QED) is 0.824. The maximum atomic E-state index is 13.3. The van der Waals surface area contributed by atoms with Crippen LogP contribution in [0.15, 0.2) is 60.7 Å². The molecule has 2 unspecified atom stereocenters. The molecule has 27 heavy (non-hydrogen) atoms. The Bertz CT molecular complexity index is 874. The van der Waals surface area contributed by atoms with Gasteiger partial charge in [-0.05, 0) is 23.3 Å². The average Bonchev–Trinajstić information content (AvgIpc) is 3.02. The first-order chi connectivity index (χ1) is 13.1.